The first-order chi connectivity index (χ1) is 11.2. The van der Waals surface area contributed by atoms with E-state index in [1.54, 1.807) is 0 Å². The Bertz CT molecular complexity index is 524. The van der Waals surface area contributed by atoms with E-state index >= 15 is 0 Å². The zero-order chi connectivity index (χ0) is 17.5. The number of epoxide rings is 1. The number of ether oxygens (including phenoxy) is 2. The second-order valence-corrected chi connectivity index (χ2v) is 8.65. The van der Waals surface area contributed by atoms with Crippen molar-refractivity contribution in [1.29, 1.82) is 0 Å². The van der Waals surface area contributed by atoms with Crippen LogP contribution in [0.2, 0.25) is 0 Å². The third kappa shape index (κ3) is 3.70. The molecule has 0 saturated carbocycles. The van der Waals surface area contributed by atoms with Gasteiger partial charge in [0.25, 0.3) is 0 Å². The summed E-state index contributed by atoms with van der Waals surface area (Å²) in [6, 6.07) is 0. The Morgan fingerprint density at radius 1 is 1.21 bits per heavy atom. The lowest BCUT2D eigenvalue weighted by molar-refractivity contribution is -0.184. The van der Waals surface area contributed by atoms with E-state index in [-0.39, 0.29) is 23.4 Å². The second-order valence-electron chi connectivity index (χ2n) is 8.65. The normalized spacial score (nSPS) is 49.2. The molecule has 2 heterocycles. The van der Waals surface area contributed by atoms with E-state index in [0.717, 1.165) is 38.5 Å². The van der Waals surface area contributed by atoms with Crippen LogP contribution in [-0.4, -0.2) is 34.5 Å². The van der Waals surface area contributed by atoms with Gasteiger partial charge >= 0.3 is 5.97 Å². The third-order valence-corrected chi connectivity index (χ3v) is 6.54. The molecule has 0 radical (unpaired) electrons. The molecule has 0 unspecified atom stereocenters. The molecule has 2 saturated heterocycles. The minimum atomic E-state index is -0.961. The van der Waals surface area contributed by atoms with Crippen molar-refractivity contribution in [2.75, 3.05) is 0 Å². The highest BCUT2D eigenvalue weighted by Crippen LogP contribution is 2.46. The van der Waals surface area contributed by atoms with Crippen LogP contribution in [0.25, 0.3) is 0 Å². The fourth-order valence-electron chi connectivity index (χ4n) is 4.30. The van der Waals surface area contributed by atoms with Crippen molar-refractivity contribution >= 4 is 5.97 Å². The van der Waals surface area contributed by atoms with Crippen molar-refractivity contribution in [1.82, 2.24) is 0 Å². The summed E-state index contributed by atoms with van der Waals surface area (Å²) in [4.78, 5) is 12.3. The number of fused-ring (bicyclic) bond motifs is 3. The van der Waals surface area contributed by atoms with E-state index in [0.29, 0.717) is 12.5 Å². The van der Waals surface area contributed by atoms with Crippen LogP contribution in [0.4, 0.5) is 0 Å². The Labute approximate surface area is 145 Å². The standard InChI is InChI=1S/C20H32O4/c1-13-6-5-10-19(3,22)17-12-15(14(2)18(21)23-17)9-11-20(4)16(24-20)8-7-13/h6,14-17,22H,5,7-12H2,1-4H3/b13-6-/t14-,15+,16-,17+,19-,20-/m0/s1. The molecule has 6 atom stereocenters. The van der Waals surface area contributed by atoms with E-state index in [9.17, 15) is 9.90 Å². The van der Waals surface area contributed by atoms with Gasteiger partial charge in [0.1, 0.15) is 6.10 Å². The number of allylic oxidation sites excluding steroid dienone is 2. The minimum Gasteiger partial charge on any atom is -0.459 e. The van der Waals surface area contributed by atoms with E-state index in [2.05, 4.69) is 19.9 Å². The van der Waals surface area contributed by atoms with Gasteiger partial charge in [-0.05, 0) is 71.6 Å². The van der Waals surface area contributed by atoms with Crippen LogP contribution in [0.5, 0.6) is 0 Å². The summed E-state index contributed by atoms with van der Waals surface area (Å²) < 4.78 is 11.6. The Morgan fingerprint density at radius 3 is 2.71 bits per heavy atom. The summed E-state index contributed by atoms with van der Waals surface area (Å²) in [6.07, 6.45) is 8.44. The van der Waals surface area contributed by atoms with Crippen LogP contribution in [0.15, 0.2) is 11.6 Å². The molecule has 1 N–H and O–H groups in total. The Hall–Kier alpha value is -0.870. The molecule has 0 aromatic rings. The summed E-state index contributed by atoms with van der Waals surface area (Å²) in [5.74, 6) is 0.0197. The number of esters is 1. The van der Waals surface area contributed by atoms with Gasteiger partial charge in [-0.2, -0.15) is 0 Å². The number of aliphatic hydroxyl groups is 1. The molecule has 0 aromatic heterocycles. The molecule has 3 rings (SSSR count). The van der Waals surface area contributed by atoms with Crippen molar-refractivity contribution in [2.24, 2.45) is 11.8 Å². The topological polar surface area (TPSA) is 59.1 Å². The van der Waals surface area contributed by atoms with Gasteiger partial charge < -0.3 is 14.6 Å². The first-order valence-corrected chi connectivity index (χ1v) is 9.47. The lowest BCUT2D eigenvalue weighted by atomic mass is 9.76. The van der Waals surface area contributed by atoms with Gasteiger partial charge in [-0.25, -0.2) is 0 Å². The number of rotatable bonds is 0. The maximum atomic E-state index is 12.3. The summed E-state index contributed by atoms with van der Waals surface area (Å²) >= 11 is 0. The van der Waals surface area contributed by atoms with Crippen LogP contribution in [0.3, 0.4) is 0 Å². The molecule has 0 aromatic carbocycles. The molecule has 24 heavy (non-hydrogen) atoms. The molecular weight excluding hydrogens is 304 g/mol. The van der Waals surface area contributed by atoms with Gasteiger partial charge in [-0.1, -0.05) is 18.6 Å². The molecule has 2 fully saturated rings. The van der Waals surface area contributed by atoms with Crippen molar-refractivity contribution in [3.63, 3.8) is 0 Å². The van der Waals surface area contributed by atoms with Crippen LogP contribution in [0, 0.1) is 11.8 Å². The molecule has 2 aliphatic heterocycles. The summed E-state index contributed by atoms with van der Waals surface area (Å²) in [7, 11) is 0. The summed E-state index contributed by atoms with van der Waals surface area (Å²) in [5.41, 5.74) is 0.369. The predicted octanol–water partition coefficient (Wildman–Crippen LogP) is 3.76. The zero-order valence-corrected chi connectivity index (χ0v) is 15.5. The summed E-state index contributed by atoms with van der Waals surface area (Å²) in [5, 5.41) is 10.9. The highest BCUT2D eigenvalue weighted by molar-refractivity contribution is 5.73. The molecule has 0 spiro atoms. The van der Waals surface area contributed by atoms with Crippen LogP contribution in [-0.2, 0) is 14.3 Å². The molecule has 136 valence electrons. The molecule has 2 bridgehead atoms. The van der Waals surface area contributed by atoms with Crippen LogP contribution in [0.1, 0.15) is 72.6 Å². The third-order valence-electron chi connectivity index (χ3n) is 6.54. The fourth-order valence-corrected chi connectivity index (χ4v) is 4.30. The molecule has 4 heteroatoms. The zero-order valence-electron chi connectivity index (χ0n) is 15.5. The maximum absolute atomic E-state index is 12.3. The smallest absolute Gasteiger partial charge is 0.309 e. The SMILES string of the molecule is C/C1=C/CC[C@](C)(O)[C@H]2C[C@@H](CC[C@]3(C)O[C@H]3CC1)[C@H](C)C(=O)O2. The molecular formula is C20H32O4. The first kappa shape index (κ1) is 17.9. The molecule has 4 nitrogen and oxygen atoms in total. The number of carbonyl (C=O) groups is 1. The second kappa shape index (κ2) is 6.45. The lowest BCUT2D eigenvalue weighted by Gasteiger charge is -2.40. The Morgan fingerprint density at radius 2 is 1.96 bits per heavy atom. The van der Waals surface area contributed by atoms with E-state index in [1.807, 2.05) is 13.8 Å². The Kier molecular flexibility index (Phi) is 4.82. The van der Waals surface area contributed by atoms with Crippen molar-refractivity contribution in [3.05, 3.63) is 11.6 Å². The van der Waals surface area contributed by atoms with Crippen molar-refractivity contribution in [2.45, 2.75) is 96.1 Å². The van der Waals surface area contributed by atoms with Gasteiger partial charge in [0.2, 0.25) is 0 Å². The molecule has 3 aliphatic rings. The van der Waals surface area contributed by atoms with E-state index in [1.165, 1.54) is 5.57 Å². The molecule has 0 amide bonds. The average molecular weight is 336 g/mol. The van der Waals surface area contributed by atoms with Gasteiger partial charge in [-0.15, -0.1) is 0 Å². The predicted molar refractivity (Wildman–Crippen MR) is 92.5 cm³/mol. The van der Waals surface area contributed by atoms with Gasteiger partial charge in [-0.3, -0.25) is 4.79 Å². The first-order valence-electron chi connectivity index (χ1n) is 9.47. The van der Waals surface area contributed by atoms with Crippen LogP contribution >= 0.6 is 0 Å². The molecule has 1 aliphatic carbocycles. The van der Waals surface area contributed by atoms with E-state index in [4.69, 9.17) is 9.47 Å². The van der Waals surface area contributed by atoms with Gasteiger partial charge in [0.05, 0.1) is 23.2 Å². The average Bonchev–Trinajstić information content (AvgIpc) is 3.16. The number of carbonyl (C=O) groups excluding carboxylic acids is 1. The van der Waals surface area contributed by atoms with Crippen molar-refractivity contribution in [3.8, 4) is 0 Å². The highest BCUT2D eigenvalue weighted by atomic mass is 16.6. The minimum absolute atomic E-state index is 0.0243. The van der Waals surface area contributed by atoms with Crippen molar-refractivity contribution < 1.29 is 19.4 Å². The maximum Gasteiger partial charge on any atom is 0.309 e. The number of hydrogen-bond donors (Lipinski definition) is 1. The lowest BCUT2D eigenvalue weighted by Crippen LogP contribution is -2.49. The monoisotopic (exact) mass is 336 g/mol. The Balaban J connectivity index is 1.78. The van der Waals surface area contributed by atoms with Gasteiger partial charge in [0, 0.05) is 0 Å². The van der Waals surface area contributed by atoms with Crippen LogP contribution < -0.4 is 0 Å². The highest BCUT2D eigenvalue weighted by Gasteiger charge is 2.52. The largest absolute Gasteiger partial charge is 0.459 e. The van der Waals surface area contributed by atoms with E-state index < -0.39 is 11.7 Å². The fraction of sp³-hybridized carbons (Fsp3) is 0.850. The summed E-state index contributed by atoms with van der Waals surface area (Å²) in [6.45, 7) is 8.12. The number of hydrogen-bond acceptors (Lipinski definition) is 4. The quantitative estimate of drug-likeness (QED) is 0.416. The van der Waals surface area contributed by atoms with Gasteiger partial charge in [0.15, 0.2) is 0 Å².